The van der Waals surface area contributed by atoms with Crippen LogP contribution in [0.4, 0.5) is 4.79 Å². The Morgan fingerprint density at radius 2 is 1.65 bits per heavy atom. The molecule has 0 atom stereocenters. The molecule has 0 unspecified atom stereocenters. The van der Waals surface area contributed by atoms with Gasteiger partial charge in [-0.2, -0.15) is 0 Å². The summed E-state index contributed by atoms with van der Waals surface area (Å²) in [6, 6.07) is 9.41. The standard InChI is InChI=1S/C18H28N2O3/c1-2-3-4-5-6-10-13-19-17(21)14-20-18(22)23-15-16-11-8-7-9-12-16/h7-9,11-12H,2-6,10,13-15H2,1H3,(H,19,21)(H,20,22). The largest absolute Gasteiger partial charge is 0.445 e. The van der Waals surface area contributed by atoms with Gasteiger partial charge in [0.25, 0.3) is 0 Å². The van der Waals surface area contributed by atoms with Crippen LogP contribution in [-0.2, 0) is 16.1 Å². The molecule has 2 N–H and O–H groups in total. The van der Waals surface area contributed by atoms with E-state index in [1.54, 1.807) is 0 Å². The summed E-state index contributed by atoms with van der Waals surface area (Å²) >= 11 is 0. The molecule has 5 heteroatoms. The van der Waals surface area contributed by atoms with Gasteiger partial charge in [0, 0.05) is 6.54 Å². The summed E-state index contributed by atoms with van der Waals surface area (Å²) in [5, 5.41) is 5.24. The first-order chi connectivity index (χ1) is 11.2. The van der Waals surface area contributed by atoms with E-state index < -0.39 is 6.09 Å². The highest BCUT2D eigenvalue weighted by atomic mass is 16.5. The zero-order valence-electron chi connectivity index (χ0n) is 14.0. The molecule has 1 aromatic carbocycles. The number of benzene rings is 1. The predicted octanol–water partition coefficient (Wildman–Crippen LogP) is 3.39. The molecule has 0 aliphatic rings. The zero-order chi connectivity index (χ0) is 16.8. The molecule has 23 heavy (non-hydrogen) atoms. The third-order valence-electron chi connectivity index (χ3n) is 3.46. The average molecular weight is 320 g/mol. The van der Waals surface area contributed by atoms with Crippen molar-refractivity contribution in [1.29, 1.82) is 0 Å². The molecule has 0 radical (unpaired) electrons. The molecule has 0 saturated heterocycles. The van der Waals surface area contributed by atoms with Crippen molar-refractivity contribution in [1.82, 2.24) is 10.6 Å². The molecule has 0 bridgehead atoms. The number of nitrogens with one attached hydrogen (secondary N) is 2. The van der Waals surface area contributed by atoms with Gasteiger partial charge in [-0.05, 0) is 12.0 Å². The molecule has 5 nitrogen and oxygen atoms in total. The second-order valence-corrected chi connectivity index (χ2v) is 5.53. The van der Waals surface area contributed by atoms with Gasteiger partial charge in [0.1, 0.15) is 6.61 Å². The summed E-state index contributed by atoms with van der Waals surface area (Å²) in [5.74, 6) is -0.185. The number of carbonyl (C=O) groups is 2. The van der Waals surface area contributed by atoms with Gasteiger partial charge in [0.05, 0.1) is 6.54 Å². The lowest BCUT2D eigenvalue weighted by Crippen LogP contribution is -2.37. The maximum atomic E-state index is 11.6. The van der Waals surface area contributed by atoms with E-state index in [-0.39, 0.29) is 19.1 Å². The first kappa shape index (κ1) is 19.0. The lowest BCUT2D eigenvalue weighted by atomic mass is 10.1. The minimum absolute atomic E-state index is 0.0521. The number of unbranched alkanes of at least 4 members (excludes halogenated alkanes) is 5. The third-order valence-corrected chi connectivity index (χ3v) is 3.46. The first-order valence-electron chi connectivity index (χ1n) is 8.43. The molecule has 0 saturated carbocycles. The maximum absolute atomic E-state index is 11.6. The van der Waals surface area contributed by atoms with Gasteiger partial charge in [-0.3, -0.25) is 4.79 Å². The van der Waals surface area contributed by atoms with Gasteiger partial charge < -0.3 is 15.4 Å². The van der Waals surface area contributed by atoms with E-state index in [1.807, 2.05) is 30.3 Å². The van der Waals surface area contributed by atoms with Crippen LogP contribution in [0.15, 0.2) is 30.3 Å². The number of amides is 2. The van der Waals surface area contributed by atoms with E-state index in [4.69, 9.17) is 4.74 Å². The fraction of sp³-hybridized carbons (Fsp3) is 0.556. The van der Waals surface area contributed by atoms with Crippen molar-refractivity contribution in [2.24, 2.45) is 0 Å². The van der Waals surface area contributed by atoms with E-state index >= 15 is 0 Å². The van der Waals surface area contributed by atoms with Gasteiger partial charge >= 0.3 is 6.09 Å². The molecule has 0 aromatic heterocycles. The first-order valence-corrected chi connectivity index (χ1v) is 8.43. The number of hydrogen-bond acceptors (Lipinski definition) is 3. The highest BCUT2D eigenvalue weighted by molar-refractivity contribution is 5.82. The van der Waals surface area contributed by atoms with Crippen LogP contribution in [0.2, 0.25) is 0 Å². The summed E-state index contributed by atoms with van der Waals surface area (Å²) < 4.78 is 5.03. The number of alkyl carbamates (subject to hydrolysis) is 1. The quantitative estimate of drug-likeness (QED) is 0.614. The van der Waals surface area contributed by atoms with Gasteiger partial charge in [-0.25, -0.2) is 4.79 Å². The Labute approximate surface area is 138 Å². The van der Waals surface area contributed by atoms with Crippen LogP contribution in [0.25, 0.3) is 0 Å². The second-order valence-electron chi connectivity index (χ2n) is 5.53. The van der Waals surface area contributed by atoms with Crippen molar-refractivity contribution >= 4 is 12.0 Å². The minimum Gasteiger partial charge on any atom is -0.445 e. The summed E-state index contributed by atoms with van der Waals surface area (Å²) in [4.78, 5) is 23.1. The van der Waals surface area contributed by atoms with Crippen molar-refractivity contribution in [3.8, 4) is 0 Å². The Balaban J connectivity index is 1.99. The molecule has 0 spiro atoms. The summed E-state index contributed by atoms with van der Waals surface area (Å²) in [6.07, 6.45) is 6.53. The fourth-order valence-electron chi connectivity index (χ4n) is 2.12. The van der Waals surface area contributed by atoms with Crippen LogP contribution in [-0.4, -0.2) is 25.1 Å². The normalized spacial score (nSPS) is 10.1. The molecule has 2 amide bonds. The van der Waals surface area contributed by atoms with Crippen molar-refractivity contribution in [3.05, 3.63) is 35.9 Å². The maximum Gasteiger partial charge on any atom is 0.407 e. The van der Waals surface area contributed by atoms with E-state index in [0.717, 1.165) is 18.4 Å². The number of ether oxygens (including phenoxy) is 1. The third kappa shape index (κ3) is 10.3. The molecular weight excluding hydrogens is 292 g/mol. The molecule has 1 aromatic rings. The topological polar surface area (TPSA) is 67.4 Å². The van der Waals surface area contributed by atoms with Crippen molar-refractivity contribution < 1.29 is 14.3 Å². The van der Waals surface area contributed by atoms with Gasteiger partial charge in [-0.15, -0.1) is 0 Å². The molecule has 0 heterocycles. The van der Waals surface area contributed by atoms with Gasteiger partial charge in [-0.1, -0.05) is 69.4 Å². The fourth-order valence-corrected chi connectivity index (χ4v) is 2.12. The average Bonchev–Trinajstić information content (AvgIpc) is 2.58. The van der Waals surface area contributed by atoms with Crippen LogP contribution in [0.1, 0.15) is 51.0 Å². The summed E-state index contributed by atoms with van der Waals surface area (Å²) in [5.41, 5.74) is 0.912. The lowest BCUT2D eigenvalue weighted by molar-refractivity contribution is -0.120. The number of rotatable bonds is 11. The van der Waals surface area contributed by atoms with E-state index in [1.165, 1.54) is 25.7 Å². The van der Waals surface area contributed by atoms with Crippen LogP contribution >= 0.6 is 0 Å². The summed E-state index contributed by atoms with van der Waals surface area (Å²) in [6.45, 7) is 3.00. The number of carbonyl (C=O) groups excluding carboxylic acids is 2. The SMILES string of the molecule is CCCCCCCCNC(=O)CNC(=O)OCc1ccccc1. The zero-order valence-corrected chi connectivity index (χ0v) is 14.0. The highest BCUT2D eigenvalue weighted by Crippen LogP contribution is 2.04. The van der Waals surface area contributed by atoms with E-state index in [2.05, 4.69) is 17.6 Å². The van der Waals surface area contributed by atoms with Gasteiger partial charge in [0.2, 0.25) is 5.91 Å². The Kier molecular flexibility index (Phi) is 10.3. The van der Waals surface area contributed by atoms with Crippen LogP contribution < -0.4 is 10.6 Å². The Hall–Kier alpha value is -2.04. The Bertz CT molecular complexity index is 449. The molecular formula is C18H28N2O3. The Morgan fingerprint density at radius 1 is 0.957 bits per heavy atom. The van der Waals surface area contributed by atoms with Crippen molar-refractivity contribution in [2.45, 2.75) is 52.1 Å². The monoisotopic (exact) mass is 320 g/mol. The molecule has 128 valence electrons. The van der Waals surface area contributed by atoms with Crippen LogP contribution in [0.3, 0.4) is 0 Å². The molecule has 0 aliphatic carbocycles. The van der Waals surface area contributed by atoms with Crippen LogP contribution in [0.5, 0.6) is 0 Å². The van der Waals surface area contributed by atoms with Gasteiger partial charge in [0.15, 0.2) is 0 Å². The molecule has 1 rings (SSSR count). The van der Waals surface area contributed by atoms with Crippen LogP contribution in [0, 0.1) is 0 Å². The summed E-state index contributed by atoms with van der Waals surface area (Å²) in [7, 11) is 0. The van der Waals surface area contributed by atoms with E-state index in [0.29, 0.717) is 6.54 Å². The number of hydrogen-bond donors (Lipinski definition) is 2. The smallest absolute Gasteiger partial charge is 0.407 e. The van der Waals surface area contributed by atoms with Crippen molar-refractivity contribution in [2.75, 3.05) is 13.1 Å². The second kappa shape index (κ2) is 12.5. The molecule has 0 aliphatic heterocycles. The molecule has 0 fully saturated rings. The lowest BCUT2D eigenvalue weighted by Gasteiger charge is -2.08. The Morgan fingerprint density at radius 3 is 2.39 bits per heavy atom. The van der Waals surface area contributed by atoms with E-state index in [9.17, 15) is 9.59 Å². The van der Waals surface area contributed by atoms with Crippen molar-refractivity contribution in [3.63, 3.8) is 0 Å². The predicted molar refractivity (Wildman–Crippen MR) is 91.0 cm³/mol. The minimum atomic E-state index is -0.580. The highest BCUT2D eigenvalue weighted by Gasteiger charge is 2.06.